The molecule has 104 valence electrons. The number of hydrogen-bond donors (Lipinski definition) is 2. The van der Waals surface area contributed by atoms with Gasteiger partial charge in [-0.25, -0.2) is 4.79 Å². The number of aliphatic carboxylic acids is 1. The molecule has 0 heterocycles. The molecule has 2 N–H and O–H groups in total. The van der Waals surface area contributed by atoms with Crippen LogP contribution in [0.25, 0.3) is 0 Å². The van der Waals surface area contributed by atoms with E-state index in [-0.39, 0.29) is 18.9 Å². The Bertz CT molecular complexity index is 405. The van der Waals surface area contributed by atoms with Crippen molar-refractivity contribution in [1.29, 1.82) is 0 Å². The van der Waals surface area contributed by atoms with Crippen LogP contribution in [0.2, 0.25) is 0 Å². The Morgan fingerprint density at radius 1 is 1.32 bits per heavy atom. The number of carbonyl (C=O) groups excluding carboxylic acids is 1. The van der Waals surface area contributed by atoms with Gasteiger partial charge in [0.2, 0.25) is 0 Å². The van der Waals surface area contributed by atoms with E-state index in [9.17, 15) is 9.59 Å². The van der Waals surface area contributed by atoms with Gasteiger partial charge < -0.3 is 15.2 Å². The Morgan fingerprint density at radius 3 is 2.63 bits per heavy atom. The number of rotatable bonds is 7. The molecular weight excluding hydrogens is 246 g/mol. The Kier molecular flexibility index (Phi) is 6.43. The SMILES string of the molecule is C[C@@H](CCNC(=O)OCc1ccccc1)CC(=O)O. The highest BCUT2D eigenvalue weighted by atomic mass is 16.5. The molecule has 5 nitrogen and oxygen atoms in total. The molecule has 1 atom stereocenters. The van der Waals surface area contributed by atoms with E-state index in [1.165, 1.54) is 0 Å². The van der Waals surface area contributed by atoms with Gasteiger partial charge in [-0.3, -0.25) is 4.79 Å². The third kappa shape index (κ3) is 7.08. The molecule has 0 unspecified atom stereocenters. The first kappa shape index (κ1) is 15.0. The lowest BCUT2D eigenvalue weighted by Crippen LogP contribution is -2.26. The lowest BCUT2D eigenvalue weighted by Gasteiger charge is -2.10. The van der Waals surface area contributed by atoms with E-state index >= 15 is 0 Å². The largest absolute Gasteiger partial charge is 0.481 e. The molecule has 0 aliphatic heterocycles. The van der Waals surface area contributed by atoms with E-state index in [4.69, 9.17) is 9.84 Å². The molecule has 1 rings (SSSR count). The Labute approximate surface area is 112 Å². The van der Waals surface area contributed by atoms with Crippen LogP contribution in [0.3, 0.4) is 0 Å². The molecule has 0 aromatic heterocycles. The van der Waals surface area contributed by atoms with Crippen LogP contribution >= 0.6 is 0 Å². The van der Waals surface area contributed by atoms with Crippen molar-refractivity contribution in [1.82, 2.24) is 5.32 Å². The minimum absolute atomic E-state index is 0.0342. The summed E-state index contributed by atoms with van der Waals surface area (Å²) in [6.45, 7) is 2.49. The summed E-state index contributed by atoms with van der Waals surface area (Å²) in [5, 5.41) is 11.2. The number of carbonyl (C=O) groups is 2. The highest BCUT2D eigenvalue weighted by molar-refractivity contribution is 5.67. The summed E-state index contributed by atoms with van der Waals surface area (Å²) >= 11 is 0. The van der Waals surface area contributed by atoms with Crippen LogP contribution in [0.4, 0.5) is 4.79 Å². The zero-order valence-electron chi connectivity index (χ0n) is 11.0. The number of carboxylic acids is 1. The minimum atomic E-state index is -0.820. The molecule has 0 saturated heterocycles. The smallest absolute Gasteiger partial charge is 0.407 e. The molecule has 0 fully saturated rings. The summed E-state index contributed by atoms with van der Waals surface area (Å²) in [6, 6.07) is 9.41. The fourth-order valence-electron chi connectivity index (χ4n) is 1.59. The third-order valence-corrected chi connectivity index (χ3v) is 2.64. The molecule has 0 spiro atoms. The van der Waals surface area contributed by atoms with Crippen LogP contribution in [0.1, 0.15) is 25.3 Å². The maximum absolute atomic E-state index is 11.4. The molecule has 0 aliphatic carbocycles. The van der Waals surface area contributed by atoms with E-state index in [0.717, 1.165) is 5.56 Å². The van der Waals surface area contributed by atoms with Gasteiger partial charge in [-0.1, -0.05) is 37.3 Å². The average molecular weight is 265 g/mol. The van der Waals surface area contributed by atoms with E-state index in [2.05, 4.69) is 5.32 Å². The minimum Gasteiger partial charge on any atom is -0.481 e. The molecule has 1 amide bonds. The second kappa shape index (κ2) is 8.13. The van der Waals surface area contributed by atoms with Gasteiger partial charge in [-0.15, -0.1) is 0 Å². The van der Waals surface area contributed by atoms with Crippen molar-refractivity contribution in [2.45, 2.75) is 26.4 Å². The molecule has 1 aromatic rings. The van der Waals surface area contributed by atoms with E-state index in [1.807, 2.05) is 37.3 Å². The van der Waals surface area contributed by atoms with Gasteiger partial charge >= 0.3 is 12.1 Å². The maximum atomic E-state index is 11.4. The number of carboxylic acid groups (broad SMARTS) is 1. The van der Waals surface area contributed by atoms with Crippen LogP contribution in [0.15, 0.2) is 30.3 Å². The molecule has 5 heteroatoms. The number of amides is 1. The second-order valence-electron chi connectivity index (χ2n) is 4.48. The number of alkyl carbamates (subject to hydrolysis) is 1. The molecule has 1 aromatic carbocycles. The summed E-state index contributed by atoms with van der Waals surface area (Å²) in [7, 11) is 0. The zero-order chi connectivity index (χ0) is 14.1. The highest BCUT2D eigenvalue weighted by Crippen LogP contribution is 2.06. The number of ether oxygens (including phenoxy) is 1. The van der Waals surface area contributed by atoms with Crippen molar-refractivity contribution in [3.05, 3.63) is 35.9 Å². The van der Waals surface area contributed by atoms with Crippen molar-refractivity contribution in [3.8, 4) is 0 Å². The second-order valence-corrected chi connectivity index (χ2v) is 4.48. The average Bonchev–Trinajstić information content (AvgIpc) is 2.36. The van der Waals surface area contributed by atoms with Gasteiger partial charge in [0.15, 0.2) is 0 Å². The first-order chi connectivity index (χ1) is 9.08. The van der Waals surface area contributed by atoms with Crippen LogP contribution in [0.5, 0.6) is 0 Å². The highest BCUT2D eigenvalue weighted by Gasteiger charge is 2.08. The quantitative estimate of drug-likeness (QED) is 0.793. The van der Waals surface area contributed by atoms with Crippen LogP contribution in [0, 0.1) is 5.92 Å². The van der Waals surface area contributed by atoms with E-state index in [1.54, 1.807) is 0 Å². The van der Waals surface area contributed by atoms with Crippen molar-refractivity contribution < 1.29 is 19.4 Å². The zero-order valence-corrected chi connectivity index (χ0v) is 11.0. The molecule has 0 saturated carbocycles. The summed E-state index contributed by atoms with van der Waals surface area (Å²) in [5.41, 5.74) is 0.928. The van der Waals surface area contributed by atoms with E-state index < -0.39 is 12.1 Å². The molecule has 19 heavy (non-hydrogen) atoms. The first-order valence-corrected chi connectivity index (χ1v) is 6.24. The predicted octanol–water partition coefficient (Wildman–Crippen LogP) is 2.41. The van der Waals surface area contributed by atoms with Crippen LogP contribution in [-0.2, 0) is 16.1 Å². The first-order valence-electron chi connectivity index (χ1n) is 6.24. The molecule has 0 bridgehead atoms. The van der Waals surface area contributed by atoms with Gasteiger partial charge in [-0.05, 0) is 17.9 Å². The number of hydrogen-bond acceptors (Lipinski definition) is 3. The summed E-state index contributed by atoms with van der Waals surface area (Å²) in [5.74, 6) is -0.786. The maximum Gasteiger partial charge on any atom is 0.407 e. The summed E-state index contributed by atoms with van der Waals surface area (Å²) < 4.78 is 5.02. The van der Waals surface area contributed by atoms with Gasteiger partial charge in [0.05, 0.1) is 0 Å². The molecular formula is C14H19NO4. The van der Waals surface area contributed by atoms with Crippen LogP contribution in [-0.4, -0.2) is 23.7 Å². The Balaban J connectivity index is 2.13. The third-order valence-electron chi connectivity index (χ3n) is 2.64. The number of benzene rings is 1. The van der Waals surface area contributed by atoms with Crippen LogP contribution < -0.4 is 5.32 Å². The Hall–Kier alpha value is -2.04. The lowest BCUT2D eigenvalue weighted by molar-refractivity contribution is -0.138. The summed E-state index contributed by atoms with van der Waals surface area (Å²) in [6.07, 6.45) is 0.249. The predicted molar refractivity (Wildman–Crippen MR) is 70.7 cm³/mol. The van der Waals surface area contributed by atoms with Crippen molar-refractivity contribution in [3.63, 3.8) is 0 Å². The Morgan fingerprint density at radius 2 is 2.00 bits per heavy atom. The lowest BCUT2D eigenvalue weighted by atomic mass is 10.0. The molecule has 0 radical (unpaired) electrons. The van der Waals surface area contributed by atoms with Gasteiger partial charge in [0.25, 0.3) is 0 Å². The fraction of sp³-hybridized carbons (Fsp3) is 0.429. The topological polar surface area (TPSA) is 75.6 Å². The number of nitrogens with one attached hydrogen (secondary N) is 1. The van der Waals surface area contributed by atoms with Crippen molar-refractivity contribution in [2.24, 2.45) is 5.92 Å². The monoisotopic (exact) mass is 265 g/mol. The van der Waals surface area contributed by atoms with Gasteiger partial charge in [0, 0.05) is 13.0 Å². The van der Waals surface area contributed by atoms with Crippen molar-refractivity contribution in [2.75, 3.05) is 6.54 Å². The van der Waals surface area contributed by atoms with Crippen molar-refractivity contribution >= 4 is 12.1 Å². The molecule has 0 aliphatic rings. The standard InChI is InChI=1S/C14H19NO4/c1-11(9-13(16)17)7-8-15-14(18)19-10-12-5-3-2-4-6-12/h2-6,11H,7-10H2,1H3,(H,15,18)(H,16,17)/t11-/m0/s1. The normalized spacial score (nSPS) is 11.6. The van der Waals surface area contributed by atoms with E-state index in [0.29, 0.717) is 13.0 Å². The van der Waals surface area contributed by atoms with Gasteiger partial charge in [-0.2, -0.15) is 0 Å². The van der Waals surface area contributed by atoms with Gasteiger partial charge in [0.1, 0.15) is 6.61 Å². The fourth-order valence-corrected chi connectivity index (χ4v) is 1.59. The summed E-state index contributed by atoms with van der Waals surface area (Å²) in [4.78, 5) is 21.8.